The average molecular weight is 502 g/mol. The zero-order valence-corrected chi connectivity index (χ0v) is 21.0. The Bertz CT molecular complexity index is 832. The van der Waals surface area contributed by atoms with E-state index in [4.69, 9.17) is 8.92 Å². The van der Waals surface area contributed by atoms with Crippen LogP contribution in [0.15, 0.2) is 82.5 Å². The van der Waals surface area contributed by atoms with Crippen LogP contribution >= 0.6 is 8.92 Å². The second kappa shape index (κ2) is 8.01. The fourth-order valence-electron chi connectivity index (χ4n) is 4.67. The van der Waals surface area contributed by atoms with Gasteiger partial charge >= 0.3 is 178 Å². The predicted octanol–water partition coefficient (Wildman–Crippen LogP) is 5.21. The molecule has 0 aromatic heterocycles. The molecule has 0 bridgehead atoms. The number of benzene rings is 2. The molecule has 1 saturated carbocycles. The molecule has 2 aromatic rings. The van der Waals surface area contributed by atoms with E-state index in [1.807, 2.05) is 19.1 Å². The molecule has 0 aliphatic heterocycles. The van der Waals surface area contributed by atoms with Crippen LogP contribution in [0.2, 0.25) is 0 Å². The van der Waals surface area contributed by atoms with Crippen molar-refractivity contribution in [2.45, 2.75) is 46.1 Å². The molecule has 2 aromatic carbocycles. The molecule has 0 spiro atoms. The van der Waals surface area contributed by atoms with Crippen molar-refractivity contribution in [3.63, 3.8) is 0 Å². The maximum absolute atomic E-state index is 11.7. The fraction of sp³-hybridized carbons (Fsp3) is 0.360. The standard InChI is InChI=1S/C13H21O.2C6H5.ClH.Sn/c1-9(2)7-13(14)8-12(5,6)10(3)11(13)4;2*1-2-4-6-5-3-1;;/h4,10,14H,1,7-8H2,2-3,5-6H3;2*1-5H;1H;/q;;;;+1/p-1/t10-,13-;;;;/m1..../s1. The van der Waals surface area contributed by atoms with E-state index in [9.17, 15) is 5.11 Å². The molecule has 28 heavy (non-hydrogen) atoms. The molecule has 0 radical (unpaired) electrons. The Morgan fingerprint density at radius 3 is 2.00 bits per heavy atom. The van der Waals surface area contributed by atoms with Crippen LogP contribution in [0.5, 0.6) is 0 Å². The van der Waals surface area contributed by atoms with Gasteiger partial charge in [0, 0.05) is 0 Å². The quantitative estimate of drug-likeness (QED) is 0.440. The molecular weight excluding hydrogens is 470 g/mol. The summed E-state index contributed by atoms with van der Waals surface area (Å²) in [7, 11) is 7.59. The second-order valence-electron chi connectivity index (χ2n) is 9.10. The van der Waals surface area contributed by atoms with Gasteiger partial charge in [0.1, 0.15) is 0 Å². The van der Waals surface area contributed by atoms with Crippen LogP contribution < -0.4 is 7.16 Å². The van der Waals surface area contributed by atoms with Gasteiger partial charge in [0.05, 0.1) is 0 Å². The summed E-state index contributed by atoms with van der Waals surface area (Å²) >= 11 is -3.64. The summed E-state index contributed by atoms with van der Waals surface area (Å²) in [5, 5.41) is 11.7. The summed E-state index contributed by atoms with van der Waals surface area (Å²) in [5.74, 6) is 0.263. The summed E-state index contributed by atoms with van der Waals surface area (Å²) in [6.45, 7) is 12.8. The van der Waals surface area contributed by atoms with Gasteiger partial charge in [0.15, 0.2) is 0 Å². The number of rotatable bonds is 5. The van der Waals surface area contributed by atoms with Crippen molar-refractivity contribution in [3.8, 4) is 0 Å². The van der Waals surface area contributed by atoms with Crippen LogP contribution in [-0.4, -0.2) is 28.0 Å². The SMILES string of the molecule is C=C(C)C[C@@]1(O)CC(C)(C)[C@H](C)/C1=[CH]/[Sn]([Cl])([c]1ccccc1)[c]1ccccc1. The molecule has 2 atom stereocenters. The van der Waals surface area contributed by atoms with E-state index >= 15 is 0 Å². The molecule has 1 fully saturated rings. The van der Waals surface area contributed by atoms with Crippen molar-refractivity contribution in [3.05, 3.63) is 82.5 Å². The van der Waals surface area contributed by atoms with Crippen LogP contribution in [-0.2, 0) is 0 Å². The molecule has 3 rings (SSSR count). The average Bonchev–Trinajstić information content (AvgIpc) is 2.81. The zero-order chi connectivity index (χ0) is 20.6. The van der Waals surface area contributed by atoms with Crippen molar-refractivity contribution >= 4 is 33.3 Å². The van der Waals surface area contributed by atoms with Gasteiger partial charge < -0.3 is 0 Å². The van der Waals surface area contributed by atoms with Crippen LogP contribution in [0.3, 0.4) is 0 Å². The van der Waals surface area contributed by atoms with E-state index < -0.39 is 22.9 Å². The summed E-state index contributed by atoms with van der Waals surface area (Å²) in [6.07, 6.45) is 1.33. The van der Waals surface area contributed by atoms with Crippen LogP contribution in [0.4, 0.5) is 0 Å². The van der Waals surface area contributed by atoms with Crippen LogP contribution in [0, 0.1) is 11.3 Å². The van der Waals surface area contributed by atoms with E-state index in [1.165, 1.54) is 7.16 Å². The van der Waals surface area contributed by atoms with E-state index in [0.29, 0.717) is 6.42 Å². The van der Waals surface area contributed by atoms with Gasteiger partial charge in [-0.2, -0.15) is 0 Å². The van der Waals surface area contributed by atoms with Crippen molar-refractivity contribution in [1.82, 2.24) is 0 Å². The van der Waals surface area contributed by atoms with Crippen molar-refractivity contribution < 1.29 is 5.11 Å². The summed E-state index contributed by atoms with van der Waals surface area (Å²) < 4.78 is 4.75. The van der Waals surface area contributed by atoms with Crippen LogP contribution in [0.1, 0.15) is 40.5 Å². The molecule has 3 heteroatoms. The number of hydrogen-bond acceptors (Lipinski definition) is 1. The van der Waals surface area contributed by atoms with Gasteiger partial charge in [-0.3, -0.25) is 0 Å². The van der Waals surface area contributed by atoms with E-state index in [-0.39, 0.29) is 11.3 Å². The molecule has 0 amide bonds. The zero-order valence-electron chi connectivity index (χ0n) is 17.4. The molecule has 0 heterocycles. The summed E-state index contributed by atoms with van der Waals surface area (Å²) in [5.41, 5.74) is 1.27. The molecule has 1 aliphatic rings. The number of aliphatic hydroxyl groups is 1. The van der Waals surface area contributed by atoms with Crippen molar-refractivity contribution in [1.29, 1.82) is 0 Å². The number of halogens is 1. The molecule has 148 valence electrons. The van der Waals surface area contributed by atoms with Gasteiger partial charge in [-0.25, -0.2) is 0 Å². The van der Waals surface area contributed by atoms with Gasteiger partial charge in [0.25, 0.3) is 0 Å². The molecule has 0 saturated heterocycles. The first kappa shape index (κ1) is 21.7. The predicted molar refractivity (Wildman–Crippen MR) is 124 cm³/mol. The molecule has 1 aliphatic carbocycles. The van der Waals surface area contributed by atoms with Gasteiger partial charge in [-0.05, 0) is 0 Å². The summed E-state index contributed by atoms with van der Waals surface area (Å²) in [4.78, 5) is 0. The van der Waals surface area contributed by atoms with Crippen LogP contribution in [0.25, 0.3) is 0 Å². The van der Waals surface area contributed by atoms with E-state index in [2.05, 4.69) is 80.0 Å². The number of hydrogen-bond donors (Lipinski definition) is 1. The third-order valence-corrected chi connectivity index (χ3v) is 18.6. The Labute approximate surface area is 177 Å². The second-order valence-corrected chi connectivity index (χ2v) is 21.3. The van der Waals surface area contributed by atoms with E-state index in [1.54, 1.807) is 0 Å². The molecule has 0 unspecified atom stereocenters. The third-order valence-electron chi connectivity index (χ3n) is 6.26. The van der Waals surface area contributed by atoms with E-state index in [0.717, 1.165) is 17.6 Å². The molecular formula is C25H31ClOSn. The van der Waals surface area contributed by atoms with Gasteiger partial charge in [-0.1, -0.05) is 0 Å². The minimum atomic E-state index is -3.64. The Morgan fingerprint density at radius 1 is 1.11 bits per heavy atom. The topological polar surface area (TPSA) is 20.2 Å². The fourth-order valence-corrected chi connectivity index (χ4v) is 15.6. The Kier molecular flexibility index (Phi) is 6.20. The molecule has 1 nitrogen and oxygen atoms in total. The Morgan fingerprint density at radius 2 is 1.57 bits per heavy atom. The summed E-state index contributed by atoms with van der Waals surface area (Å²) in [6, 6.07) is 20.9. The molecule has 1 N–H and O–H groups in total. The van der Waals surface area contributed by atoms with Crippen molar-refractivity contribution in [2.24, 2.45) is 11.3 Å². The van der Waals surface area contributed by atoms with Gasteiger partial charge in [-0.15, -0.1) is 0 Å². The Hall–Kier alpha value is -1.03. The monoisotopic (exact) mass is 502 g/mol. The van der Waals surface area contributed by atoms with Gasteiger partial charge in [0.2, 0.25) is 0 Å². The Balaban J connectivity index is 2.23. The maximum atomic E-state index is 11.7. The minimum absolute atomic E-state index is 0.0209. The first-order chi connectivity index (χ1) is 13.1. The third kappa shape index (κ3) is 4.13. The first-order valence-electron chi connectivity index (χ1n) is 9.98. The first-order valence-corrected chi connectivity index (χ1v) is 18.1. The van der Waals surface area contributed by atoms with Crippen molar-refractivity contribution in [2.75, 3.05) is 0 Å². The normalized spacial score (nSPS) is 25.8.